The van der Waals surface area contributed by atoms with Crippen LogP contribution in [-0.4, -0.2) is 35.5 Å². The number of nitrogens with one attached hydrogen (secondary N) is 2. The summed E-state index contributed by atoms with van der Waals surface area (Å²) in [6, 6.07) is 11.2. The molecule has 2 aliphatic heterocycles. The number of aromatic hydroxyl groups is 1. The maximum Gasteiger partial charge on any atom is 0.227 e. The Morgan fingerprint density at radius 2 is 2.04 bits per heavy atom. The van der Waals surface area contributed by atoms with Crippen molar-refractivity contribution in [1.82, 2.24) is 4.90 Å². The van der Waals surface area contributed by atoms with Crippen molar-refractivity contribution in [2.75, 3.05) is 30.3 Å². The fourth-order valence-electron chi connectivity index (χ4n) is 3.98. The monoisotopic (exact) mass is 421 g/mol. The molecular formula is C21H25Cl2N3O2. The van der Waals surface area contributed by atoms with Gasteiger partial charge in [0.15, 0.2) is 0 Å². The number of benzene rings is 2. The average molecular weight is 422 g/mol. The van der Waals surface area contributed by atoms with Crippen LogP contribution in [0.3, 0.4) is 0 Å². The van der Waals surface area contributed by atoms with E-state index in [0.29, 0.717) is 10.7 Å². The van der Waals surface area contributed by atoms with Gasteiger partial charge in [-0.3, -0.25) is 9.69 Å². The summed E-state index contributed by atoms with van der Waals surface area (Å²) in [5, 5.41) is 16.7. The van der Waals surface area contributed by atoms with Crippen LogP contribution in [0.5, 0.6) is 5.75 Å². The van der Waals surface area contributed by atoms with E-state index in [9.17, 15) is 9.90 Å². The predicted octanol–water partition coefficient (Wildman–Crippen LogP) is 4.29. The maximum absolute atomic E-state index is 12.6. The van der Waals surface area contributed by atoms with Gasteiger partial charge in [0, 0.05) is 29.7 Å². The number of halogens is 2. The first-order chi connectivity index (χ1) is 13.1. The normalized spacial score (nSPS) is 16.8. The standard InChI is InChI=1S/C21H24ClN3O2.ClH/c22-17-4-5-19(26)18(12-17)24-21(27)15-7-10-25(11-8-15)13-16-3-1-2-14-6-9-23-20(14)16;/h1-5,12,15,23,26H,6-11,13H2,(H,24,27);1H. The van der Waals surface area contributed by atoms with Gasteiger partial charge in [0.05, 0.1) is 5.69 Å². The van der Waals surface area contributed by atoms with Crippen molar-refractivity contribution < 1.29 is 9.90 Å². The quantitative estimate of drug-likeness (QED) is 0.644. The number of fused-ring (bicyclic) bond motifs is 1. The lowest BCUT2D eigenvalue weighted by Crippen LogP contribution is -2.37. The molecule has 1 fully saturated rings. The lowest BCUT2D eigenvalue weighted by atomic mass is 9.95. The van der Waals surface area contributed by atoms with E-state index in [2.05, 4.69) is 33.7 Å². The Morgan fingerprint density at radius 3 is 2.82 bits per heavy atom. The van der Waals surface area contributed by atoms with Crippen LogP contribution in [-0.2, 0) is 17.8 Å². The molecule has 4 rings (SSSR count). The van der Waals surface area contributed by atoms with Gasteiger partial charge in [-0.15, -0.1) is 12.4 Å². The fraction of sp³-hybridized carbons (Fsp3) is 0.381. The Balaban J connectivity index is 0.00000225. The van der Waals surface area contributed by atoms with Gasteiger partial charge >= 0.3 is 0 Å². The van der Waals surface area contributed by atoms with Crippen LogP contribution >= 0.6 is 24.0 Å². The SMILES string of the molecule is Cl.O=C(Nc1cc(Cl)ccc1O)C1CCN(Cc2cccc3c2NCC3)CC1. The second kappa shape index (κ2) is 9.03. The molecule has 0 bridgehead atoms. The summed E-state index contributed by atoms with van der Waals surface area (Å²) in [6.45, 7) is 3.72. The molecule has 0 unspecified atom stereocenters. The molecule has 0 aliphatic carbocycles. The second-order valence-corrected chi connectivity index (χ2v) is 7.77. The molecule has 28 heavy (non-hydrogen) atoms. The van der Waals surface area contributed by atoms with Crippen LogP contribution < -0.4 is 10.6 Å². The summed E-state index contributed by atoms with van der Waals surface area (Å²) >= 11 is 5.95. The highest BCUT2D eigenvalue weighted by molar-refractivity contribution is 6.31. The van der Waals surface area contributed by atoms with E-state index < -0.39 is 0 Å². The summed E-state index contributed by atoms with van der Waals surface area (Å²) in [7, 11) is 0. The molecule has 2 aliphatic rings. The van der Waals surface area contributed by atoms with Crippen LogP contribution in [0.1, 0.15) is 24.0 Å². The molecule has 150 valence electrons. The largest absolute Gasteiger partial charge is 0.506 e. The van der Waals surface area contributed by atoms with Crippen LogP contribution in [0.4, 0.5) is 11.4 Å². The molecular weight excluding hydrogens is 397 g/mol. The van der Waals surface area contributed by atoms with Gasteiger partial charge in [-0.25, -0.2) is 0 Å². The number of nitrogens with zero attached hydrogens (tertiary/aromatic N) is 1. The first kappa shape index (κ1) is 20.8. The highest BCUT2D eigenvalue weighted by atomic mass is 35.5. The molecule has 0 spiro atoms. The number of hydrogen-bond donors (Lipinski definition) is 3. The maximum atomic E-state index is 12.6. The number of carbonyl (C=O) groups excluding carboxylic acids is 1. The van der Waals surface area contributed by atoms with Gasteiger partial charge < -0.3 is 15.7 Å². The molecule has 0 saturated carbocycles. The van der Waals surface area contributed by atoms with E-state index >= 15 is 0 Å². The third-order valence-electron chi connectivity index (χ3n) is 5.50. The Labute approximate surface area is 176 Å². The summed E-state index contributed by atoms with van der Waals surface area (Å²) < 4.78 is 0. The molecule has 2 heterocycles. The van der Waals surface area contributed by atoms with E-state index in [1.807, 2.05) is 0 Å². The molecule has 5 nitrogen and oxygen atoms in total. The minimum Gasteiger partial charge on any atom is -0.506 e. The van der Waals surface area contributed by atoms with Gasteiger partial charge in [0.25, 0.3) is 0 Å². The average Bonchev–Trinajstić information content (AvgIpc) is 3.15. The van der Waals surface area contributed by atoms with Gasteiger partial charge in [-0.2, -0.15) is 0 Å². The lowest BCUT2D eigenvalue weighted by molar-refractivity contribution is -0.121. The lowest BCUT2D eigenvalue weighted by Gasteiger charge is -2.31. The van der Waals surface area contributed by atoms with Gasteiger partial charge in [0.2, 0.25) is 5.91 Å². The Kier molecular flexibility index (Phi) is 6.70. The van der Waals surface area contributed by atoms with Crippen molar-refractivity contribution in [3.05, 3.63) is 52.5 Å². The molecule has 7 heteroatoms. The first-order valence-corrected chi connectivity index (χ1v) is 9.84. The van der Waals surface area contributed by atoms with Crippen molar-refractivity contribution in [3.8, 4) is 5.75 Å². The van der Waals surface area contributed by atoms with Gasteiger partial charge in [-0.1, -0.05) is 29.8 Å². The number of piperidine rings is 1. The fourth-order valence-corrected chi connectivity index (χ4v) is 4.15. The summed E-state index contributed by atoms with van der Waals surface area (Å²) in [5.74, 6) is -0.0515. The van der Waals surface area contributed by atoms with Crippen LogP contribution in [0.15, 0.2) is 36.4 Å². The molecule has 0 radical (unpaired) electrons. The molecule has 2 aromatic rings. The van der Waals surface area contributed by atoms with Gasteiger partial charge in [0.1, 0.15) is 5.75 Å². The summed E-state index contributed by atoms with van der Waals surface area (Å²) in [6.07, 6.45) is 2.73. The number of phenolic OH excluding ortho intramolecular Hbond substituents is 1. The third-order valence-corrected chi connectivity index (χ3v) is 5.74. The zero-order valence-electron chi connectivity index (χ0n) is 15.6. The Hall–Kier alpha value is -1.95. The Bertz CT molecular complexity index is 852. The zero-order chi connectivity index (χ0) is 18.8. The second-order valence-electron chi connectivity index (χ2n) is 7.33. The molecule has 0 atom stereocenters. The number of carbonyl (C=O) groups is 1. The van der Waals surface area contributed by atoms with Crippen molar-refractivity contribution >= 4 is 41.3 Å². The number of para-hydroxylation sites is 1. The third kappa shape index (κ3) is 4.54. The number of hydrogen-bond acceptors (Lipinski definition) is 4. The van der Waals surface area contributed by atoms with Crippen LogP contribution in [0.2, 0.25) is 5.02 Å². The smallest absolute Gasteiger partial charge is 0.227 e. The number of phenols is 1. The van der Waals surface area contributed by atoms with Crippen molar-refractivity contribution in [3.63, 3.8) is 0 Å². The molecule has 0 aromatic heterocycles. The predicted molar refractivity (Wildman–Crippen MR) is 116 cm³/mol. The summed E-state index contributed by atoms with van der Waals surface area (Å²) in [5.41, 5.74) is 4.43. The highest BCUT2D eigenvalue weighted by Gasteiger charge is 2.26. The van der Waals surface area contributed by atoms with E-state index in [0.717, 1.165) is 45.4 Å². The molecule has 3 N–H and O–H groups in total. The number of amides is 1. The summed E-state index contributed by atoms with van der Waals surface area (Å²) in [4.78, 5) is 15.0. The van der Waals surface area contributed by atoms with Gasteiger partial charge in [-0.05, 0) is 61.7 Å². The molecule has 1 amide bonds. The van der Waals surface area contributed by atoms with Crippen molar-refractivity contribution in [2.24, 2.45) is 5.92 Å². The number of likely N-dealkylation sites (tertiary alicyclic amines) is 1. The van der Waals surface area contributed by atoms with Crippen molar-refractivity contribution in [1.29, 1.82) is 0 Å². The zero-order valence-corrected chi connectivity index (χ0v) is 17.2. The minimum atomic E-state index is -0.0468. The number of anilines is 2. The number of rotatable bonds is 4. The first-order valence-electron chi connectivity index (χ1n) is 9.46. The molecule has 1 saturated heterocycles. The van der Waals surface area contributed by atoms with E-state index in [-0.39, 0.29) is 30.0 Å². The van der Waals surface area contributed by atoms with E-state index in [1.165, 1.54) is 22.9 Å². The topological polar surface area (TPSA) is 64.6 Å². The van der Waals surface area contributed by atoms with Crippen LogP contribution in [0, 0.1) is 5.92 Å². The van der Waals surface area contributed by atoms with E-state index in [4.69, 9.17) is 11.6 Å². The minimum absolute atomic E-state index is 0. The van der Waals surface area contributed by atoms with Crippen molar-refractivity contribution in [2.45, 2.75) is 25.8 Å². The van der Waals surface area contributed by atoms with E-state index in [1.54, 1.807) is 12.1 Å². The molecule has 2 aromatic carbocycles. The Morgan fingerprint density at radius 1 is 1.25 bits per heavy atom. The highest BCUT2D eigenvalue weighted by Crippen LogP contribution is 2.30. The van der Waals surface area contributed by atoms with Crippen LogP contribution in [0.25, 0.3) is 0 Å².